The number of primary amides is 1. The number of aryl methyl sites for hydroxylation is 1. The van der Waals surface area contributed by atoms with E-state index in [9.17, 15) is 14.4 Å². The van der Waals surface area contributed by atoms with Crippen LogP contribution in [0.5, 0.6) is 5.75 Å². The summed E-state index contributed by atoms with van der Waals surface area (Å²) in [7, 11) is 0. The lowest BCUT2D eigenvalue weighted by molar-refractivity contribution is -0.118. The Morgan fingerprint density at radius 1 is 1.17 bits per heavy atom. The molecule has 8 nitrogen and oxygen atoms in total. The highest BCUT2D eigenvalue weighted by molar-refractivity contribution is 7.17. The molecule has 3 rings (SSSR count). The number of rotatable bonds is 6. The molecule has 2 aromatic carbocycles. The van der Waals surface area contributed by atoms with Gasteiger partial charge in [-0.1, -0.05) is 47.2 Å². The van der Waals surface area contributed by atoms with Crippen LogP contribution in [-0.4, -0.2) is 34.5 Å². The summed E-state index contributed by atoms with van der Waals surface area (Å²) in [6.07, 6.45) is 0. The molecule has 0 spiro atoms. The number of halogens is 1. The van der Waals surface area contributed by atoms with Crippen LogP contribution in [0.4, 0.5) is 5.13 Å². The molecule has 0 atom stereocenters. The lowest BCUT2D eigenvalue weighted by Gasteiger charge is -2.05. The van der Waals surface area contributed by atoms with E-state index in [1.54, 1.807) is 49.4 Å². The van der Waals surface area contributed by atoms with Gasteiger partial charge in [-0.2, -0.15) is 0 Å². The van der Waals surface area contributed by atoms with Gasteiger partial charge in [-0.3, -0.25) is 14.9 Å². The van der Waals surface area contributed by atoms with Gasteiger partial charge >= 0.3 is 5.97 Å². The monoisotopic (exact) mass is 447 g/mol. The van der Waals surface area contributed by atoms with Crippen molar-refractivity contribution >= 4 is 45.9 Å². The van der Waals surface area contributed by atoms with Crippen LogP contribution in [0.25, 0.3) is 0 Å². The molecule has 0 radical (unpaired) electrons. The zero-order chi connectivity index (χ0) is 22.1. The number of aromatic carboxylic acids is 1. The second kappa shape index (κ2) is 10.9. The second-order valence-electron chi connectivity index (χ2n) is 5.76. The highest BCUT2D eigenvalue weighted by Crippen LogP contribution is 2.22. The summed E-state index contributed by atoms with van der Waals surface area (Å²) < 4.78 is 5.27. The molecule has 2 amide bonds. The summed E-state index contributed by atoms with van der Waals surface area (Å²) in [5.41, 5.74) is 5.80. The summed E-state index contributed by atoms with van der Waals surface area (Å²) in [4.78, 5) is 37.1. The number of thiazole rings is 1. The summed E-state index contributed by atoms with van der Waals surface area (Å²) in [6, 6.07) is 15.5. The largest absolute Gasteiger partial charge is 0.484 e. The molecule has 3 aromatic rings. The van der Waals surface area contributed by atoms with Crippen molar-refractivity contribution in [3.05, 3.63) is 75.8 Å². The summed E-state index contributed by atoms with van der Waals surface area (Å²) >= 11 is 6.50. The number of nitrogens with zero attached hydrogens (tertiary/aromatic N) is 1. The van der Waals surface area contributed by atoms with Crippen molar-refractivity contribution in [3.8, 4) is 5.75 Å². The molecule has 1 heterocycles. The number of carboxylic acids is 1. The number of benzene rings is 2. The van der Waals surface area contributed by atoms with E-state index in [1.807, 2.05) is 6.07 Å². The van der Waals surface area contributed by atoms with Crippen molar-refractivity contribution in [3.63, 3.8) is 0 Å². The van der Waals surface area contributed by atoms with E-state index in [0.29, 0.717) is 22.0 Å². The Labute approximate surface area is 181 Å². The van der Waals surface area contributed by atoms with Gasteiger partial charge in [0.25, 0.3) is 5.91 Å². The van der Waals surface area contributed by atoms with Crippen molar-refractivity contribution < 1.29 is 24.2 Å². The first-order chi connectivity index (χ1) is 14.3. The first-order valence-electron chi connectivity index (χ1n) is 8.50. The van der Waals surface area contributed by atoms with Crippen LogP contribution in [0.1, 0.15) is 25.7 Å². The molecular formula is C20H18ClN3O5S. The van der Waals surface area contributed by atoms with Gasteiger partial charge in [0.15, 0.2) is 11.7 Å². The summed E-state index contributed by atoms with van der Waals surface area (Å²) in [5.74, 6) is -1.31. The standard InChI is InChI=1S/C13H12N2O4S.C7H6ClNO/c1-8-11(12(17)18)20-13(14-8)15-10(16)7-19-9-5-3-2-4-6-9;8-6-3-1-2-5(4-6)7(9)10/h2-6H,7H2,1H3,(H,17,18)(H,14,15,16);1-4H,(H2,9,10). The van der Waals surface area contributed by atoms with Gasteiger partial charge in [0.1, 0.15) is 10.6 Å². The Kier molecular flexibility index (Phi) is 8.33. The van der Waals surface area contributed by atoms with Crippen LogP contribution in [0.3, 0.4) is 0 Å². The zero-order valence-electron chi connectivity index (χ0n) is 15.8. The number of anilines is 1. The number of carbonyl (C=O) groups is 3. The van der Waals surface area contributed by atoms with Crippen LogP contribution in [0, 0.1) is 6.92 Å². The van der Waals surface area contributed by atoms with Crippen molar-refractivity contribution in [1.82, 2.24) is 4.98 Å². The number of para-hydroxylation sites is 1. The van der Waals surface area contributed by atoms with Crippen LogP contribution in [0.15, 0.2) is 54.6 Å². The Bertz CT molecular complexity index is 1040. The zero-order valence-corrected chi connectivity index (χ0v) is 17.4. The quantitative estimate of drug-likeness (QED) is 0.529. The molecule has 30 heavy (non-hydrogen) atoms. The number of ether oxygens (including phenoxy) is 1. The maximum atomic E-state index is 11.7. The van der Waals surface area contributed by atoms with Gasteiger partial charge in [0, 0.05) is 10.6 Å². The van der Waals surface area contributed by atoms with E-state index in [2.05, 4.69) is 10.3 Å². The Morgan fingerprint density at radius 3 is 2.40 bits per heavy atom. The predicted molar refractivity (Wildman–Crippen MR) is 114 cm³/mol. The third kappa shape index (κ3) is 7.19. The number of aromatic nitrogens is 1. The van der Waals surface area contributed by atoms with E-state index in [-0.39, 0.29) is 22.5 Å². The molecule has 0 aliphatic rings. The molecule has 10 heteroatoms. The topological polar surface area (TPSA) is 132 Å². The molecule has 0 aliphatic carbocycles. The molecule has 1 aromatic heterocycles. The highest BCUT2D eigenvalue weighted by atomic mass is 35.5. The normalized spacial score (nSPS) is 9.80. The lowest BCUT2D eigenvalue weighted by Crippen LogP contribution is -2.20. The smallest absolute Gasteiger partial charge is 0.347 e. The van der Waals surface area contributed by atoms with E-state index >= 15 is 0 Å². The van der Waals surface area contributed by atoms with Gasteiger partial charge in [-0.15, -0.1) is 0 Å². The molecule has 0 unspecified atom stereocenters. The van der Waals surface area contributed by atoms with Crippen LogP contribution in [-0.2, 0) is 4.79 Å². The predicted octanol–water partition coefficient (Wildman–Crippen LogP) is 3.61. The van der Waals surface area contributed by atoms with E-state index in [4.69, 9.17) is 27.2 Å². The van der Waals surface area contributed by atoms with Gasteiger partial charge < -0.3 is 15.6 Å². The minimum Gasteiger partial charge on any atom is -0.484 e. The Hall–Kier alpha value is -3.43. The fourth-order valence-corrected chi connectivity index (χ4v) is 3.12. The first-order valence-corrected chi connectivity index (χ1v) is 9.69. The van der Waals surface area contributed by atoms with Crippen molar-refractivity contribution in [2.45, 2.75) is 6.92 Å². The molecule has 0 fully saturated rings. The van der Waals surface area contributed by atoms with Gasteiger partial charge in [0.05, 0.1) is 5.69 Å². The molecule has 0 saturated heterocycles. The average Bonchev–Trinajstić information content (AvgIpc) is 3.08. The number of nitrogens with two attached hydrogens (primary N) is 1. The molecular weight excluding hydrogens is 430 g/mol. The molecule has 0 aliphatic heterocycles. The van der Waals surface area contributed by atoms with E-state index in [1.165, 1.54) is 6.07 Å². The molecule has 156 valence electrons. The SMILES string of the molecule is Cc1nc(NC(=O)COc2ccccc2)sc1C(=O)O.NC(=O)c1cccc(Cl)c1. The minimum absolute atomic E-state index is 0.115. The molecule has 0 bridgehead atoms. The summed E-state index contributed by atoms with van der Waals surface area (Å²) in [6.45, 7) is 1.42. The van der Waals surface area contributed by atoms with Crippen LogP contribution >= 0.6 is 22.9 Å². The number of carboxylic acid groups (broad SMARTS) is 1. The highest BCUT2D eigenvalue weighted by Gasteiger charge is 2.15. The van der Waals surface area contributed by atoms with Gasteiger partial charge in [-0.05, 0) is 37.3 Å². The number of amides is 2. The van der Waals surface area contributed by atoms with Crippen molar-refractivity contribution in [2.24, 2.45) is 5.73 Å². The average molecular weight is 448 g/mol. The lowest BCUT2D eigenvalue weighted by atomic mass is 10.2. The number of hydrogen-bond donors (Lipinski definition) is 3. The van der Waals surface area contributed by atoms with Gasteiger partial charge in [-0.25, -0.2) is 9.78 Å². The maximum absolute atomic E-state index is 11.7. The van der Waals surface area contributed by atoms with E-state index < -0.39 is 11.9 Å². The van der Waals surface area contributed by atoms with Crippen LogP contribution in [0.2, 0.25) is 5.02 Å². The Balaban J connectivity index is 0.000000269. The van der Waals surface area contributed by atoms with Crippen molar-refractivity contribution in [1.29, 1.82) is 0 Å². The second-order valence-corrected chi connectivity index (χ2v) is 7.20. The van der Waals surface area contributed by atoms with Gasteiger partial charge in [0.2, 0.25) is 5.91 Å². The molecule has 4 N–H and O–H groups in total. The first kappa shape index (κ1) is 22.9. The third-order valence-electron chi connectivity index (χ3n) is 3.46. The molecule has 0 saturated carbocycles. The van der Waals surface area contributed by atoms with Crippen LogP contribution < -0.4 is 15.8 Å². The van der Waals surface area contributed by atoms with E-state index in [0.717, 1.165) is 11.3 Å². The fourth-order valence-electron chi connectivity index (χ4n) is 2.11. The summed E-state index contributed by atoms with van der Waals surface area (Å²) in [5, 5.41) is 12.2. The number of nitrogens with one attached hydrogen (secondary N) is 1. The number of hydrogen-bond acceptors (Lipinski definition) is 6. The maximum Gasteiger partial charge on any atom is 0.347 e. The van der Waals surface area contributed by atoms with Crippen molar-refractivity contribution in [2.75, 3.05) is 11.9 Å². The third-order valence-corrected chi connectivity index (χ3v) is 4.76. The fraction of sp³-hybridized carbons (Fsp3) is 0.100. The minimum atomic E-state index is -1.05. The number of carbonyl (C=O) groups excluding carboxylic acids is 2. The Morgan fingerprint density at radius 2 is 1.87 bits per heavy atom.